The maximum absolute atomic E-state index is 2.57. The third kappa shape index (κ3) is 3.52. The van der Waals surface area contributed by atoms with Gasteiger partial charge in [-0.3, -0.25) is 0 Å². The van der Waals surface area contributed by atoms with Gasteiger partial charge < -0.3 is 0 Å². The lowest BCUT2D eigenvalue weighted by molar-refractivity contribution is -0.0399. The van der Waals surface area contributed by atoms with E-state index in [0.29, 0.717) is 0 Å². The summed E-state index contributed by atoms with van der Waals surface area (Å²) >= 11 is 0. The second-order valence-electron chi connectivity index (χ2n) is 16.0. The van der Waals surface area contributed by atoms with Crippen molar-refractivity contribution in [3.05, 3.63) is 157 Å². The van der Waals surface area contributed by atoms with Gasteiger partial charge in [0.15, 0.2) is 0 Å². The Morgan fingerprint density at radius 1 is 0.360 bits per heavy atom. The van der Waals surface area contributed by atoms with E-state index in [9.17, 15) is 0 Å². The standard InChI is InChI=1S/C50H38/c1-2-10-33-28-35(18-17-32(33)9-1)47-40-11-3-5-13-42(40)48(43-14-6-4-12-41(43)47)36-19-21-39-34(29-36)20-22-46-49(39)44-15-7-8-16-45(44)50(46)37-24-30-23-31(26-37)27-38(50)25-30/h1-22,28-31,37-38H,23-27H2. The number of benzene rings is 8. The minimum atomic E-state index is 0.206. The molecule has 238 valence electrons. The molecule has 5 aliphatic rings. The van der Waals surface area contributed by atoms with E-state index in [4.69, 9.17) is 0 Å². The topological polar surface area (TPSA) is 0 Å². The Kier molecular flexibility index (Phi) is 5.49. The monoisotopic (exact) mass is 638 g/mol. The molecule has 0 atom stereocenters. The van der Waals surface area contributed by atoms with Crippen LogP contribution in [0.25, 0.3) is 76.5 Å². The van der Waals surface area contributed by atoms with Crippen molar-refractivity contribution in [2.45, 2.75) is 37.5 Å². The van der Waals surface area contributed by atoms with Crippen molar-refractivity contribution in [1.82, 2.24) is 0 Å². The zero-order chi connectivity index (χ0) is 32.6. The highest BCUT2D eigenvalue weighted by Gasteiger charge is 2.61. The van der Waals surface area contributed by atoms with Crippen LogP contribution in [0.5, 0.6) is 0 Å². The summed E-state index contributed by atoms with van der Waals surface area (Å²) in [6.07, 6.45) is 7.19. The fourth-order valence-electron chi connectivity index (χ4n) is 12.2. The van der Waals surface area contributed by atoms with Crippen LogP contribution in [0, 0.1) is 23.7 Å². The lowest BCUT2D eigenvalue weighted by Gasteiger charge is -2.61. The molecule has 13 rings (SSSR count). The lowest BCUT2D eigenvalue weighted by Crippen LogP contribution is -2.55. The average molecular weight is 639 g/mol. The Morgan fingerprint density at radius 3 is 1.54 bits per heavy atom. The van der Waals surface area contributed by atoms with Crippen molar-refractivity contribution < 1.29 is 0 Å². The summed E-state index contributed by atoms with van der Waals surface area (Å²) in [6, 6.07) is 55.8. The highest BCUT2D eigenvalue weighted by Crippen LogP contribution is 2.69. The van der Waals surface area contributed by atoms with Gasteiger partial charge in [-0.2, -0.15) is 0 Å². The van der Waals surface area contributed by atoms with Gasteiger partial charge in [0.2, 0.25) is 0 Å². The van der Waals surface area contributed by atoms with Crippen LogP contribution in [0.3, 0.4) is 0 Å². The average Bonchev–Trinajstić information content (AvgIpc) is 3.46. The van der Waals surface area contributed by atoms with Crippen LogP contribution in [0.2, 0.25) is 0 Å². The van der Waals surface area contributed by atoms with Crippen LogP contribution in [-0.4, -0.2) is 0 Å². The Labute approximate surface area is 293 Å². The van der Waals surface area contributed by atoms with Crippen LogP contribution in [-0.2, 0) is 5.41 Å². The van der Waals surface area contributed by atoms with Crippen molar-refractivity contribution in [3.63, 3.8) is 0 Å². The van der Waals surface area contributed by atoms with Gasteiger partial charge in [0.05, 0.1) is 0 Å². The second kappa shape index (κ2) is 9.95. The molecule has 0 unspecified atom stereocenters. The Morgan fingerprint density at radius 2 is 0.880 bits per heavy atom. The van der Waals surface area contributed by atoms with Crippen LogP contribution in [0.4, 0.5) is 0 Å². The molecule has 0 aromatic heterocycles. The molecule has 0 nitrogen and oxygen atoms in total. The Balaban J connectivity index is 1.09. The van der Waals surface area contributed by atoms with E-state index in [1.165, 1.54) is 109 Å². The minimum absolute atomic E-state index is 0.206. The smallest absolute Gasteiger partial charge is 0.0272 e. The summed E-state index contributed by atoms with van der Waals surface area (Å²) in [4.78, 5) is 0. The number of hydrogen-bond donors (Lipinski definition) is 0. The molecule has 8 aromatic rings. The van der Waals surface area contributed by atoms with E-state index < -0.39 is 0 Å². The molecule has 1 spiro atoms. The van der Waals surface area contributed by atoms with Crippen LogP contribution < -0.4 is 0 Å². The maximum atomic E-state index is 2.57. The molecule has 0 N–H and O–H groups in total. The summed E-state index contributed by atoms with van der Waals surface area (Å²) in [7, 11) is 0. The molecule has 0 heterocycles. The number of hydrogen-bond acceptors (Lipinski definition) is 0. The molecule has 0 aliphatic heterocycles. The van der Waals surface area contributed by atoms with Crippen molar-refractivity contribution in [1.29, 1.82) is 0 Å². The van der Waals surface area contributed by atoms with Crippen molar-refractivity contribution in [2.24, 2.45) is 23.7 Å². The van der Waals surface area contributed by atoms with Crippen molar-refractivity contribution in [3.8, 4) is 33.4 Å². The van der Waals surface area contributed by atoms with Gasteiger partial charge in [0, 0.05) is 5.41 Å². The second-order valence-corrected chi connectivity index (χ2v) is 16.0. The van der Waals surface area contributed by atoms with Gasteiger partial charge in [-0.1, -0.05) is 133 Å². The SMILES string of the molecule is c1ccc2c(c1)-c1c(ccc3cc(-c4c5ccccc5c(-c5ccc6ccccc6c5)c5ccccc45)ccc13)C21C2CC3CC(C2)CC1C3. The van der Waals surface area contributed by atoms with E-state index in [-0.39, 0.29) is 5.41 Å². The number of fused-ring (bicyclic) bond motifs is 8. The van der Waals surface area contributed by atoms with Gasteiger partial charge in [-0.25, -0.2) is 0 Å². The quantitative estimate of drug-likeness (QED) is 0.165. The Bertz CT molecular complexity index is 2640. The molecule has 0 radical (unpaired) electrons. The van der Waals surface area contributed by atoms with E-state index in [1.54, 1.807) is 11.1 Å². The van der Waals surface area contributed by atoms with Gasteiger partial charge in [0.25, 0.3) is 0 Å². The minimum Gasteiger partial charge on any atom is -0.0619 e. The molecular formula is C50H38. The zero-order valence-corrected chi connectivity index (χ0v) is 28.2. The molecular weight excluding hydrogens is 601 g/mol. The summed E-state index contributed by atoms with van der Waals surface area (Å²) in [6.45, 7) is 0. The fraction of sp³-hybridized carbons (Fsp3) is 0.200. The Hall–Kier alpha value is -5.20. The lowest BCUT2D eigenvalue weighted by atomic mass is 9.43. The molecule has 0 amide bonds. The third-order valence-electron chi connectivity index (χ3n) is 13.8. The normalized spacial score (nSPS) is 24.5. The maximum Gasteiger partial charge on any atom is 0.0272 e. The van der Waals surface area contributed by atoms with E-state index in [0.717, 1.165) is 23.7 Å². The largest absolute Gasteiger partial charge is 0.0619 e. The van der Waals surface area contributed by atoms with Crippen LogP contribution in [0.1, 0.15) is 43.2 Å². The van der Waals surface area contributed by atoms with E-state index in [2.05, 4.69) is 146 Å². The molecule has 0 saturated heterocycles. The molecule has 8 aromatic carbocycles. The predicted octanol–water partition coefficient (Wildman–Crippen LogP) is 13.4. The summed E-state index contributed by atoms with van der Waals surface area (Å²) in [5, 5.41) is 10.6. The van der Waals surface area contributed by atoms with Gasteiger partial charge in [0.1, 0.15) is 0 Å². The zero-order valence-electron chi connectivity index (χ0n) is 28.2. The highest BCUT2D eigenvalue weighted by molar-refractivity contribution is 6.22. The highest BCUT2D eigenvalue weighted by atomic mass is 14.6. The predicted molar refractivity (Wildman–Crippen MR) is 211 cm³/mol. The first kappa shape index (κ1) is 27.6. The first-order valence-corrected chi connectivity index (χ1v) is 18.9. The number of rotatable bonds is 2. The first-order valence-electron chi connectivity index (χ1n) is 18.9. The van der Waals surface area contributed by atoms with E-state index in [1.807, 2.05) is 0 Å². The molecule has 5 aliphatic carbocycles. The van der Waals surface area contributed by atoms with Gasteiger partial charge in [-0.05, 0) is 156 Å². The van der Waals surface area contributed by atoms with Crippen molar-refractivity contribution >= 4 is 43.1 Å². The van der Waals surface area contributed by atoms with E-state index >= 15 is 0 Å². The third-order valence-corrected chi connectivity index (χ3v) is 13.8. The van der Waals surface area contributed by atoms with Gasteiger partial charge >= 0.3 is 0 Å². The molecule has 0 heteroatoms. The summed E-state index contributed by atoms with van der Waals surface area (Å²) in [5.41, 5.74) is 11.7. The molecule has 4 bridgehead atoms. The molecule has 50 heavy (non-hydrogen) atoms. The van der Waals surface area contributed by atoms with Crippen LogP contribution in [0.15, 0.2) is 146 Å². The van der Waals surface area contributed by atoms with Gasteiger partial charge in [-0.15, -0.1) is 0 Å². The molecule has 4 fully saturated rings. The van der Waals surface area contributed by atoms with Crippen LogP contribution >= 0.6 is 0 Å². The van der Waals surface area contributed by atoms with Crippen molar-refractivity contribution in [2.75, 3.05) is 0 Å². The molecule has 4 saturated carbocycles. The summed E-state index contributed by atoms with van der Waals surface area (Å²) < 4.78 is 0. The first-order chi connectivity index (χ1) is 24.8. The summed E-state index contributed by atoms with van der Waals surface area (Å²) in [5.74, 6) is 3.49. The fourth-order valence-corrected chi connectivity index (χ4v) is 12.2.